The Kier molecular flexibility index (Phi) is 9.63. The SMILES string of the molecule is CCN1/C(=C/C=C\c2n(-c3ccccc3)c3ccc(-c4nc5ccccc5o4)cc3[n+]2CC)N(c2ccccc2)c2ccc(-c3ccc4ccccc4n3)cc21.[I-]. The van der Waals surface area contributed by atoms with Crippen molar-refractivity contribution in [1.82, 2.24) is 14.5 Å². The number of aromatic nitrogens is 4. The number of aryl methyl sites for hydroxylation is 1. The monoisotopic (exact) mass is 854 g/mol. The van der Waals surface area contributed by atoms with Crippen molar-refractivity contribution in [2.24, 2.45) is 0 Å². The molecule has 1 aliphatic heterocycles. The van der Waals surface area contributed by atoms with Crippen molar-refractivity contribution in [3.63, 3.8) is 0 Å². The average Bonchev–Trinajstić information content (AvgIpc) is 3.93. The maximum Gasteiger partial charge on any atom is 0.287 e. The lowest BCUT2D eigenvalue weighted by molar-refractivity contribution is -0.670. The number of imidazole rings is 1. The minimum atomic E-state index is 0. The average molecular weight is 855 g/mol. The van der Waals surface area contributed by atoms with Crippen LogP contribution >= 0.6 is 0 Å². The summed E-state index contributed by atoms with van der Waals surface area (Å²) in [7, 11) is 0. The van der Waals surface area contributed by atoms with Crippen LogP contribution in [0, 0.1) is 0 Å². The lowest BCUT2D eigenvalue weighted by Gasteiger charge is -2.24. The number of para-hydroxylation sites is 5. The van der Waals surface area contributed by atoms with Gasteiger partial charge in [0.2, 0.25) is 5.89 Å². The van der Waals surface area contributed by atoms with Gasteiger partial charge in [-0.3, -0.25) is 4.90 Å². The number of hydrogen-bond acceptors (Lipinski definition) is 5. The van der Waals surface area contributed by atoms with Crippen LogP contribution in [-0.2, 0) is 6.54 Å². The minimum absolute atomic E-state index is 0. The number of oxazole rings is 1. The van der Waals surface area contributed by atoms with Crippen molar-refractivity contribution in [1.29, 1.82) is 0 Å². The van der Waals surface area contributed by atoms with Crippen LogP contribution in [0.5, 0.6) is 0 Å². The molecule has 0 spiro atoms. The Bertz CT molecular complexity index is 2930. The van der Waals surface area contributed by atoms with Gasteiger partial charge in [-0.05, 0) is 92.7 Å². The first-order valence-electron chi connectivity index (χ1n) is 19.2. The normalized spacial score (nSPS) is 13.3. The first-order valence-corrected chi connectivity index (χ1v) is 19.2. The summed E-state index contributed by atoms with van der Waals surface area (Å²) in [6.07, 6.45) is 6.65. The maximum absolute atomic E-state index is 6.20. The summed E-state index contributed by atoms with van der Waals surface area (Å²) in [6, 6.07) is 54.8. The predicted molar refractivity (Wildman–Crippen MR) is 228 cm³/mol. The standard InChI is InChI=1S/C49H39N6O.HI/c1-3-52-44-32-35(40-29-26-34-16-11-12-21-39(34)50-40)27-30-42(44)54(37-17-7-5-8-18-37)47(52)24-15-25-48-53(4-2)45-33-36(49-51-41-22-13-14-23-46(41)56-49)28-31-43(45)55(48)38-19-9-6-10-20-38;/h5-33H,3-4H2,1-2H3;1H/q+1;/p-1. The zero-order chi connectivity index (χ0) is 37.6. The molecule has 1 aliphatic rings. The van der Waals surface area contributed by atoms with Crippen LogP contribution in [0.4, 0.5) is 17.1 Å². The number of halogens is 1. The van der Waals surface area contributed by atoms with Gasteiger partial charge in [-0.25, -0.2) is 14.5 Å². The zero-order valence-corrected chi connectivity index (χ0v) is 33.8. The van der Waals surface area contributed by atoms with Crippen molar-refractivity contribution in [2.45, 2.75) is 20.4 Å². The third-order valence-electron chi connectivity index (χ3n) is 10.6. The number of nitrogens with zero attached hydrogens (tertiary/aromatic N) is 6. The Morgan fingerprint density at radius 3 is 2.14 bits per heavy atom. The molecule has 0 radical (unpaired) electrons. The summed E-state index contributed by atoms with van der Waals surface area (Å²) >= 11 is 0. The molecule has 0 bridgehead atoms. The van der Waals surface area contributed by atoms with Crippen LogP contribution in [0.1, 0.15) is 19.7 Å². The summed E-state index contributed by atoms with van der Waals surface area (Å²) in [5.41, 5.74) is 12.3. The highest BCUT2D eigenvalue weighted by Gasteiger charge is 2.32. The van der Waals surface area contributed by atoms with Gasteiger partial charge >= 0.3 is 0 Å². The number of hydrogen-bond donors (Lipinski definition) is 0. The molecule has 57 heavy (non-hydrogen) atoms. The van der Waals surface area contributed by atoms with Crippen molar-refractivity contribution in [3.05, 3.63) is 182 Å². The van der Waals surface area contributed by atoms with Gasteiger partial charge in [0.15, 0.2) is 16.6 Å². The van der Waals surface area contributed by atoms with Gasteiger partial charge in [-0.2, -0.15) is 4.57 Å². The van der Waals surface area contributed by atoms with E-state index in [-0.39, 0.29) is 24.0 Å². The Hall–Kier alpha value is -6.52. The van der Waals surface area contributed by atoms with E-state index in [4.69, 9.17) is 14.4 Å². The summed E-state index contributed by atoms with van der Waals surface area (Å²) in [5.74, 6) is 2.76. The minimum Gasteiger partial charge on any atom is -1.00 e. The van der Waals surface area contributed by atoms with Crippen LogP contribution in [0.15, 0.2) is 180 Å². The molecule has 8 heteroatoms. The molecule has 7 nitrogen and oxygen atoms in total. The van der Waals surface area contributed by atoms with E-state index in [0.29, 0.717) is 5.89 Å². The van der Waals surface area contributed by atoms with E-state index in [2.05, 4.69) is 178 Å². The van der Waals surface area contributed by atoms with Gasteiger partial charge < -0.3 is 33.3 Å². The fraction of sp³-hybridized carbons (Fsp3) is 0.0816. The molecule has 6 aromatic carbocycles. The van der Waals surface area contributed by atoms with Gasteiger partial charge in [-0.1, -0.05) is 84.9 Å². The van der Waals surface area contributed by atoms with Crippen LogP contribution in [0.25, 0.3) is 67.5 Å². The van der Waals surface area contributed by atoms with Gasteiger partial charge in [0.1, 0.15) is 17.0 Å². The Labute approximate surface area is 348 Å². The molecule has 4 heterocycles. The zero-order valence-electron chi connectivity index (χ0n) is 31.6. The fourth-order valence-electron chi connectivity index (χ4n) is 8.02. The van der Waals surface area contributed by atoms with E-state index in [1.807, 2.05) is 30.3 Å². The number of allylic oxidation sites excluding steroid dienone is 2. The van der Waals surface area contributed by atoms with Gasteiger partial charge in [0.25, 0.3) is 5.82 Å². The number of pyridine rings is 1. The molecule has 0 amide bonds. The number of anilines is 3. The molecule has 3 aromatic heterocycles. The molecule has 0 atom stereocenters. The first kappa shape index (κ1) is 36.1. The van der Waals surface area contributed by atoms with E-state index in [9.17, 15) is 0 Å². The quantitative estimate of drug-likeness (QED) is 0.114. The van der Waals surface area contributed by atoms with E-state index >= 15 is 0 Å². The van der Waals surface area contributed by atoms with Gasteiger partial charge in [-0.15, -0.1) is 0 Å². The van der Waals surface area contributed by atoms with Crippen LogP contribution < -0.4 is 38.3 Å². The highest BCUT2D eigenvalue weighted by atomic mass is 127. The molecule has 0 aliphatic carbocycles. The Morgan fingerprint density at radius 2 is 1.37 bits per heavy atom. The highest BCUT2D eigenvalue weighted by molar-refractivity contribution is 5.92. The van der Waals surface area contributed by atoms with E-state index in [1.165, 1.54) is 0 Å². The molecule has 0 N–H and O–H groups in total. The molecule has 0 unspecified atom stereocenters. The molecule has 0 saturated heterocycles. The number of rotatable bonds is 8. The molecular formula is C49H39IN6O. The van der Waals surface area contributed by atoms with Crippen LogP contribution in [-0.4, -0.2) is 21.1 Å². The van der Waals surface area contributed by atoms with Gasteiger partial charge in [0, 0.05) is 40.9 Å². The molecule has 0 saturated carbocycles. The topological polar surface area (TPSA) is 54.2 Å². The van der Waals surface area contributed by atoms with Crippen LogP contribution in [0.3, 0.4) is 0 Å². The molecule has 9 aromatic rings. The lowest BCUT2D eigenvalue weighted by Crippen LogP contribution is -3.00. The van der Waals surface area contributed by atoms with Crippen molar-refractivity contribution < 1.29 is 33.0 Å². The number of fused-ring (bicyclic) bond motifs is 4. The van der Waals surface area contributed by atoms with Crippen molar-refractivity contribution >= 4 is 56.2 Å². The first-order chi connectivity index (χ1) is 27.7. The second-order valence-electron chi connectivity index (χ2n) is 13.9. The number of benzene rings is 6. The van der Waals surface area contributed by atoms with E-state index < -0.39 is 0 Å². The third kappa shape index (κ3) is 6.36. The van der Waals surface area contributed by atoms with Crippen LogP contribution in [0.2, 0.25) is 0 Å². The smallest absolute Gasteiger partial charge is 0.287 e. The Balaban J connectivity index is 0.00000422. The van der Waals surface area contributed by atoms with Crippen molar-refractivity contribution in [3.8, 4) is 28.4 Å². The summed E-state index contributed by atoms with van der Waals surface area (Å²) < 4.78 is 10.9. The van der Waals surface area contributed by atoms with E-state index in [1.54, 1.807) is 0 Å². The molecule has 0 fully saturated rings. The third-order valence-corrected chi connectivity index (χ3v) is 10.6. The lowest BCUT2D eigenvalue weighted by atomic mass is 10.1. The second kappa shape index (κ2) is 15.2. The maximum atomic E-state index is 6.20. The summed E-state index contributed by atoms with van der Waals surface area (Å²) in [4.78, 5) is 14.6. The van der Waals surface area contributed by atoms with Crippen molar-refractivity contribution in [2.75, 3.05) is 16.3 Å². The highest BCUT2D eigenvalue weighted by Crippen LogP contribution is 2.47. The summed E-state index contributed by atoms with van der Waals surface area (Å²) in [6.45, 7) is 5.98. The predicted octanol–water partition coefficient (Wildman–Crippen LogP) is 8.50. The van der Waals surface area contributed by atoms with Gasteiger partial charge in [0.05, 0.1) is 29.1 Å². The molecule has 278 valence electrons. The fourth-order valence-corrected chi connectivity index (χ4v) is 8.02. The molecule has 10 rings (SSSR count). The Morgan fingerprint density at radius 1 is 0.649 bits per heavy atom. The largest absolute Gasteiger partial charge is 1.00 e. The molecular weight excluding hydrogens is 815 g/mol. The second-order valence-corrected chi connectivity index (χ2v) is 13.9. The van der Waals surface area contributed by atoms with E-state index in [0.717, 1.165) is 97.3 Å². The summed E-state index contributed by atoms with van der Waals surface area (Å²) in [5, 5.41) is 1.14.